The Balaban J connectivity index is 2.11. The largest absolute Gasteiger partial charge is 0.496 e. The summed E-state index contributed by atoms with van der Waals surface area (Å²) < 4.78 is 19.6. The van der Waals surface area contributed by atoms with Gasteiger partial charge in [0.1, 0.15) is 11.6 Å². The predicted molar refractivity (Wildman–Crippen MR) is 84.7 cm³/mol. The first-order valence-corrected chi connectivity index (χ1v) is 7.86. The lowest BCUT2D eigenvalue weighted by atomic mass is 10.1. The van der Waals surface area contributed by atoms with Crippen molar-refractivity contribution in [2.24, 2.45) is 5.73 Å². The molecule has 0 amide bonds. The Morgan fingerprint density at radius 1 is 1.30 bits per heavy atom. The molecule has 5 heteroatoms. The maximum absolute atomic E-state index is 13.3. The summed E-state index contributed by atoms with van der Waals surface area (Å²) in [4.78, 5) is 1.11. The second-order valence-corrected chi connectivity index (χ2v) is 6.15. The van der Waals surface area contributed by atoms with E-state index in [9.17, 15) is 4.39 Å². The molecule has 2 N–H and O–H groups in total. The molecule has 0 bridgehead atoms. The first-order chi connectivity index (χ1) is 9.61. The van der Waals surface area contributed by atoms with Crippen molar-refractivity contribution in [3.63, 3.8) is 0 Å². The Morgan fingerprint density at radius 3 is 2.75 bits per heavy atom. The summed E-state index contributed by atoms with van der Waals surface area (Å²) in [6.07, 6.45) is 0. The van der Waals surface area contributed by atoms with Crippen LogP contribution in [0.1, 0.15) is 11.6 Å². The van der Waals surface area contributed by atoms with Crippen molar-refractivity contribution >= 4 is 27.7 Å². The van der Waals surface area contributed by atoms with E-state index in [0.29, 0.717) is 17.1 Å². The second-order valence-electron chi connectivity index (χ2n) is 4.23. The fraction of sp³-hybridized carbons (Fsp3) is 0.200. The minimum Gasteiger partial charge on any atom is -0.496 e. The molecule has 0 aliphatic heterocycles. The second kappa shape index (κ2) is 7.11. The predicted octanol–water partition coefficient (Wildman–Crippen LogP) is 4.39. The van der Waals surface area contributed by atoms with Gasteiger partial charge in [-0.15, -0.1) is 11.8 Å². The average Bonchev–Trinajstić information content (AvgIpc) is 2.46. The SMILES string of the molecule is COc1ccc(F)cc1C(N)CSc1ccccc1Br. The Hall–Kier alpha value is -1.04. The molecule has 0 saturated carbocycles. The van der Waals surface area contributed by atoms with Crippen molar-refractivity contribution < 1.29 is 9.13 Å². The first kappa shape index (κ1) is 15.4. The van der Waals surface area contributed by atoms with Gasteiger partial charge in [-0.05, 0) is 46.3 Å². The van der Waals surface area contributed by atoms with Crippen LogP contribution in [0, 0.1) is 5.82 Å². The Morgan fingerprint density at radius 2 is 2.05 bits per heavy atom. The Bertz CT molecular complexity index is 594. The van der Waals surface area contributed by atoms with Gasteiger partial charge in [-0.25, -0.2) is 4.39 Å². The average molecular weight is 356 g/mol. The van der Waals surface area contributed by atoms with Crippen molar-refractivity contribution in [1.82, 2.24) is 0 Å². The molecule has 2 rings (SSSR count). The number of methoxy groups -OCH3 is 1. The monoisotopic (exact) mass is 355 g/mol. The molecule has 0 radical (unpaired) electrons. The number of halogens is 2. The molecule has 2 aromatic rings. The molecule has 2 aromatic carbocycles. The molecule has 1 atom stereocenters. The number of thioether (sulfide) groups is 1. The van der Waals surface area contributed by atoms with Crippen LogP contribution < -0.4 is 10.5 Å². The van der Waals surface area contributed by atoms with Crippen LogP contribution in [0.5, 0.6) is 5.75 Å². The highest BCUT2D eigenvalue weighted by Crippen LogP contribution is 2.32. The van der Waals surface area contributed by atoms with Gasteiger partial charge in [0, 0.05) is 26.7 Å². The van der Waals surface area contributed by atoms with E-state index in [1.165, 1.54) is 12.1 Å². The molecule has 0 spiro atoms. The lowest BCUT2D eigenvalue weighted by Crippen LogP contribution is -2.14. The number of benzene rings is 2. The van der Waals surface area contributed by atoms with Gasteiger partial charge in [0.15, 0.2) is 0 Å². The zero-order chi connectivity index (χ0) is 14.5. The molecular formula is C15H15BrFNOS. The minimum absolute atomic E-state index is 0.294. The zero-order valence-corrected chi connectivity index (χ0v) is 13.4. The van der Waals surface area contributed by atoms with Crippen LogP contribution in [0.4, 0.5) is 4.39 Å². The summed E-state index contributed by atoms with van der Waals surface area (Å²) in [6, 6.07) is 12.1. The van der Waals surface area contributed by atoms with Gasteiger partial charge in [0.05, 0.1) is 7.11 Å². The van der Waals surface area contributed by atoms with Gasteiger partial charge >= 0.3 is 0 Å². The number of hydrogen-bond acceptors (Lipinski definition) is 3. The molecule has 0 aromatic heterocycles. The van der Waals surface area contributed by atoms with Gasteiger partial charge in [0.25, 0.3) is 0 Å². The van der Waals surface area contributed by atoms with Crippen molar-refractivity contribution in [2.45, 2.75) is 10.9 Å². The maximum Gasteiger partial charge on any atom is 0.123 e. The molecule has 0 aliphatic rings. The summed E-state index contributed by atoms with van der Waals surface area (Å²) in [5.74, 6) is 0.955. The standard InChI is InChI=1S/C15H15BrFNOS/c1-19-14-7-6-10(17)8-11(14)13(18)9-20-15-5-3-2-4-12(15)16/h2-8,13H,9,18H2,1H3. The minimum atomic E-state index is -0.304. The molecule has 0 heterocycles. The first-order valence-electron chi connectivity index (χ1n) is 6.08. The molecule has 2 nitrogen and oxygen atoms in total. The van der Waals surface area contributed by atoms with Crippen LogP contribution in [0.25, 0.3) is 0 Å². The van der Waals surface area contributed by atoms with Crippen LogP contribution in [-0.2, 0) is 0 Å². The van der Waals surface area contributed by atoms with Gasteiger partial charge in [-0.3, -0.25) is 0 Å². The lowest BCUT2D eigenvalue weighted by molar-refractivity contribution is 0.405. The van der Waals surface area contributed by atoms with Gasteiger partial charge in [-0.1, -0.05) is 12.1 Å². The highest BCUT2D eigenvalue weighted by atomic mass is 79.9. The van der Waals surface area contributed by atoms with E-state index in [4.69, 9.17) is 10.5 Å². The van der Waals surface area contributed by atoms with Crippen LogP contribution >= 0.6 is 27.7 Å². The zero-order valence-electron chi connectivity index (χ0n) is 11.0. The lowest BCUT2D eigenvalue weighted by Gasteiger charge is -2.16. The van der Waals surface area contributed by atoms with E-state index in [2.05, 4.69) is 15.9 Å². The van der Waals surface area contributed by atoms with Gasteiger partial charge in [0.2, 0.25) is 0 Å². The Labute approximate surface area is 130 Å². The van der Waals surface area contributed by atoms with E-state index in [0.717, 1.165) is 9.37 Å². The highest BCUT2D eigenvalue weighted by Gasteiger charge is 2.14. The normalized spacial score (nSPS) is 12.2. The van der Waals surface area contributed by atoms with E-state index < -0.39 is 0 Å². The maximum atomic E-state index is 13.3. The van der Waals surface area contributed by atoms with Crippen LogP contribution in [0.2, 0.25) is 0 Å². The summed E-state index contributed by atoms with van der Waals surface area (Å²) in [6.45, 7) is 0. The molecular weight excluding hydrogens is 341 g/mol. The number of nitrogens with two attached hydrogens (primary N) is 1. The number of rotatable bonds is 5. The molecule has 106 valence electrons. The Kier molecular flexibility index (Phi) is 5.46. The summed E-state index contributed by atoms with van der Waals surface area (Å²) in [7, 11) is 1.56. The van der Waals surface area contributed by atoms with Gasteiger partial charge in [-0.2, -0.15) is 0 Å². The summed E-state index contributed by atoms with van der Waals surface area (Å²) in [5, 5.41) is 0. The molecule has 0 fully saturated rings. The molecule has 1 unspecified atom stereocenters. The quantitative estimate of drug-likeness (QED) is 0.807. The van der Waals surface area contributed by atoms with Gasteiger partial charge < -0.3 is 10.5 Å². The van der Waals surface area contributed by atoms with Crippen molar-refractivity contribution in [2.75, 3.05) is 12.9 Å². The van der Waals surface area contributed by atoms with Crippen molar-refractivity contribution in [1.29, 1.82) is 0 Å². The third-order valence-corrected chi connectivity index (χ3v) is 4.99. The van der Waals surface area contributed by atoms with Crippen molar-refractivity contribution in [3.8, 4) is 5.75 Å². The third kappa shape index (κ3) is 3.75. The molecule has 20 heavy (non-hydrogen) atoms. The topological polar surface area (TPSA) is 35.2 Å². The molecule has 0 saturated heterocycles. The fourth-order valence-electron chi connectivity index (χ4n) is 1.83. The summed E-state index contributed by atoms with van der Waals surface area (Å²) >= 11 is 5.12. The number of hydrogen-bond donors (Lipinski definition) is 1. The summed E-state index contributed by atoms with van der Waals surface area (Å²) in [5.41, 5.74) is 6.84. The number of ether oxygens (including phenoxy) is 1. The van der Waals surface area contributed by atoms with Crippen molar-refractivity contribution in [3.05, 3.63) is 58.3 Å². The van der Waals surface area contributed by atoms with E-state index in [1.54, 1.807) is 24.9 Å². The van der Waals surface area contributed by atoms with Crippen LogP contribution in [-0.4, -0.2) is 12.9 Å². The van der Waals surface area contributed by atoms with Crippen LogP contribution in [0.15, 0.2) is 51.8 Å². The van der Waals surface area contributed by atoms with E-state index >= 15 is 0 Å². The molecule has 0 aliphatic carbocycles. The van der Waals surface area contributed by atoms with Crippen LogP contribution in [0.3, 0.4) is 0 Å². The fourth-order valence-corrected chi connectivity index (χ4v) is 3.37. The third-order valence-electron chi connectivity index (χ3n) is 2.85. The highest BCUT2D eigenvalue weighted by molar-refractivity contribution is 9.10. The smallest absolute Gasteiger partial charge is 0.123 e. The van der Waals surface area contributed by atoms with E-state index in [-0.39, 0.29) is 11.9 Å². The van der Waals surface area contributed by atoms with E-state index in [1.807, 2.05) is 24.3 Å².